The Morgan fingerprint density at radius 1 is 1.38 bits per heavy atom. The maximum Gasteiger partial charge on any atom is 0.221 e. The van der Waals surface area contributed by atoms with Gasteiger partial charge in [0.1, 0.15) is 0 Å². The molecule has 0 fully saturated rings. The maximum atomic E-state index is 11.4. The minimum Gasteiger partial charge on any atom is -0.355 e. The molecule has 0 saturated heterocycles. The Kier molecular flexibility index (Phi) is 6.25. The number of aromatic nitrogens is 2. The van der Waals surface area contributed by atoms with Crippen LogP contribution < -0.4 is 10.6 Å². The zero-order chi connectivity index (χ0) is 11.6. The summed E-state index contributed by atoms with van der Waals surface area (Å²) in [4.78, 5) is 15.3. The lowest BCUT2D eigenvalue weighted by Gasteiger charge is -2.06. The van der Waals surface area contributed by atoms with Gasteiger partial charge in [-0.2, -0.15) is 0 Å². The van der Waals surface area contributed by atoms with Gasteiger partial charge in [-0.3, -0.25) is 4.79 Å². The summed E-state index contributed by atoms with van der Waals surface area (Å²) >= 11 is 0. The first-order valence-corrected chi connectivity index (χ1v) is 5.76. The monoisotopic (exact) mass is 224 g/mol. The van der Waals surface area contributed by atoms with Gasteiger partial charge in [-0.25, -0.2) is 4.98 Å². The van der Waals surface area contributed by atoms with Gasteiger partial charge in [-0.1, -0.05) is 6.92 Å². The van der Waals surface area contributed by atoms with Crippen LogP contribution in [0.25, 0.3) is 0 Å². The van der Waals surface area contributed by atoms with E-state index in [4.69, 9.17) is 0 Å². The van der Waals surface area contributed by atoms with E-state index in [0.717, 1.165) is 19.5 Å². The van der Waals surface area contributed by atoms with Gasteiger partial charge in [-0.15, -0.1) is 0 Å². The second kappa shape index (κ2) is 7.87. The summed E-state index contributed by atoms with van der Waals surface area (Å²) in [6, 6.07) is 0. The number of carbonyl (C=O) groups excluding carboxylic acids is 1. The number of amides is 1. The van der Waals surface area contributed by atoms with Crippen molar-refractivity contribution in [1.29, 1.82) is 0 Å². The minimum atomic E-state index is 0.0898. The molecule has 1 amide bonds. The predicted octanol–water partition coefficient (Wildman–Crippen LogP) is 0.389. The average Bonchev–Trinajstić information content (AvgIpc) is 2.79. The number of aryl methyl sites for hydroxylation is 1. The van der Waals surface area contributed by atoms with Gasteiger partial charge in [0, 0.05) is 38.4 Å². The molecule has 0 saturated carbocycles. The van der Waals surface area contributed by atoms with E-state index in [2.05, 4.69) is 22.5 Å². The van der Waals surface area contributed by atoms with Crippen molar-refractivity contribution in [1.82, 2.24) is 20.2 Å². The fourth-order valence-electron chi connectivity index (χ4n) is 1.33. The first-order chi connectivity index (χ1) is 7.83. The SMILES string of the molecule is CCCNCCNC(=O)CCn1ccnc1. The third-order valence-corrected chi connectivity index (χ3v) is 2.21. The number of hydrogen-bond donors (Lipinski definition) is 2. The van der Waals surface area contributed by atoms with E-state index < -0.39 is 0 Å². The number of nitrogens with one attached hydrogen (secondary N) is 2. The Balaban J connectivity index is 1.99. The lowest BCUT2D eigenvalue weighted by atomic mass is 10.4. The van der Waals surface area contributed by atoms with Gasteiger partial charge in [-0.05, 0) is 13.0 Å². The lowest BCUT2D eigenvalue weighted by molar-refractivity contribution is -0.121. The summed E-state index contributed by atoms with van der Waals surface area (Å²) in [5, 5.41) is 6.10. The molecule has 0 aliphatic rings. The molecule has 0 atom stereocenters. The molecule has 1 rings (SSSR count). The van der Waals surface area contributed by atoms with Crippen LogP contribution in [0.5, 0.6) is 0 Å². The molecule has 5 heteroatoms. The van der Waals surface area contributed by atoms with Gasteiger partial charge < -0.3 is 15.2 Å². The first kappa shape index (κ1) is 12.7. The summed E-state index contributed by atoms with van der Waals surface area (Å²) in [7, 11) is 0. The lowest BCUT2D eigenvalue weighted by Crippen LogP contribution is -2.32. The number of hydrogen-bond acceptors (Lipinski definition) is 3. The van der Waals surface area contributed by atoms with E-state index >= 15 is 0 Å². The molecule has 1 aromatic rings. The van der Waals surface area contributed by atoms with Gasteiger partial charge in [0.2, 0.25) is 5.91 Å². The van der Waals surface area contributed by atoms with E-state index in [1.807, 2.05) is 10.8 Å². The molecule has 1 heterocycles. The van der Waals surface area contributed by atoms with Crippen molar-refractivity contribution in [2.45, 2.75) is 26.3 Å². The van der Waals surface area contributed by atoms with Crippen molar-refractivity contribution in [3.05, 3.63) is 18.7 Å². The Hall–Kier alpha value is -1.36. The van der Waals surface area contributed by atoms with E-state index in [9.17, 15) is 4.79 Å². The summed E-state index contributed by atoms with van der Waals surface area (Å²) in [5.41, 5.74) is 0. The van der Waals surface area contributed by atoms with Crippen LogP contribution in [0.15, 0.2) is 18.7 Å². The number of nitrogens with zero attached hydrogens (tertiary/aromatic N) is 2. The van der Waals surface area contributed by atoms with E-state index in [0.29, 0.717) is 19.5 Å². The van der Waals surface area contributed by atoms with Crippen LogP contribution >= 0.6 is 0 Å². The Bertz CT molecular complexity index is 284. The zero-order valence-electron chi connectivity index (χ0n) is 9.78. The average molecular weight is 224 g/mol. The maximum absolute atomic E-state index is 11.4. The van der Waals surface area contributed by atoms with Gasteiger partial charge in [0.15, 0.2) is 0 Å². The molecule has 0 spiro atoms. The summed E-state index contributed by atoms with van der Waals surface area (Å²) in [6.45, 7) is 5.35. The van der Waals surface area contributed by atoms with Crippen molar-refractivity contribution < 1.29 is 4.79 Å². The molecular formula is C11H20N4O. The van der Waals surface area contributed by atoms with Crippen LogP contribution in [0.4, 0.5) is 0 Å². The van der Waals surface area contributed by atoms with Gasteiger partial charge in [0.25, 0.3) is 0 Å². The van der Waals surface area contributed by atoms with Crippen LogP contribution in [-0.2, 0) is 11.3 Å². The van der Waals surface area contributed by atoms with Crippen LogP contribution in [0.2, 0.25) is 0 Å². The molecule has 0 unspecified atom stereocenters. The van der Waals surface area contributed by atoms with Crippen LogP contribution in [-0.4, -0.2) is 35.1 Å². The Morgan fingerprint density at radius 2 is 2.25 bits per heavy atom. The van der Waals surface area contributed by atoms with Crippen molar-refractivity contribution in [3.8, 4) is 0 Å². The fraction of sp³-hybridized carbons (Fsp3) is 0.636. The van der Waals surface area contributed by atoms with Crippen molar-refractivity contribution in [3.63, 3.8) is 0 Å². The minimum absolute atomic E-state index is 0.0898. The quantitative estimate of drug-likeness (QED) is 0.628. The third kappa shape index (κ3) is 5.50. The second-order valence-electron chi connectivity index (χ2n) is 3.65. The molecule has 0 bridgehead atoms. The molecule has 2 N–H and O–H groups in total. The molecule has 16 heavy (non-hydrogen) atoms. The molecule has 1 aromatic heterocycles. The zero-order valence-corrected chi connectivity index (χ0v) is 9.78. The normalized spacial score (nSPS) is 10.3. The van der Waals surface area contributed by atoms with Gasteiger partial charge in [0.05, 0.1) is 6.33 Å². The second-order valence-corrected chi connectivity index (χ2v) is 3.65. The summed E-state index contributed by atoms with van der Waals surface area (Å²) in [5.74, 6) is 0.0898. The van der Waals surface area contributed by atoms with Gasteiger partial charge >= 0.3 is 0 Å². The molecular weight excluding hydrogens is 204 g/mol. The highest BCUT2D eigenvalue weighted by molar-refractivity contribution is 5.75. The van der Waals surface area contributed by atoms with Crippen LogP contribution in [0.3, 0.4) is 0 Å². The molecule has 0 aliphatic heterocycles. The third-order valence-electron chi connectivity index (χ3n) is 2.21. The number of carbonyl (C=O) groups is 1. The predicted molar refractivity (Wildman–Crippen MR) is 63.0 cm³/mol. The Morgan fingerprint density at radius 3 is 2.94 bits per heavy atom. The van der Waals surface area contributed by atoms with E-state index in [-0.39, 0.29) is 5.91 Å². The molecule has 90 valence electrons. The number of rotatable bonds is 8. The first-order valence-electron chi connectivity index (χ1n) is 5.76. The van der Waals surface area contributed by atoms with E-state index in [1.54, 1.807) is 12.5 Å². The highest BCUT2D eigenvalue weighted by Crippen LogP contribution is 1.89. The Labute approximate surface area is 96.3 Å². The molecule has 5 nitrogen and oxygen atoms in total. The van der Waals surface area contributed by atoms with Crippen molar-refractivity contribution in [2.75, 3.05) is 19.6 Å². The standard InChI is InChI=1S/C11H20N4O/c1-2-4-12-5-6-14-11(16)3-8-15-9-7-13-10-15/h7,9-10,12H,2-6,8H2,1H3,(H,14,16). The van der Waals surface area contributed by atoms with Crippen molar-refractivity contribution >= 4 is 5.91 Å². The number of imidazole rings is 1. The topological polar surface area (TPSA) is 58.9 Å². The summed E-state index contributed by atoms with van der Waals surface area (Å²) < 4.78 is 1.90. The van der Waals surface area contributed by atoms with Crippen LogP contribution in [0, 0.1) is 0 Å². The highest BCUT2D eigenvalue weighted by atomic mass is 16.1. The fourth-order valence-corrected chi connectivity index (χ4v) is 1.33. The molecule has 0 aromatic carbocycles. The molecule has 0 aliphatic carbocycles. The molecule has 0 radical (unpaired) electrons. The van der Waals surface area contributed by atoms with Crippen molar-refractivity contribution in [2.24, 2.45) is 0 Å². The highest BCUT2D eigenvalue weighted by Gasteiger charge is 2.00. The largest absolute Gasteiger partial charge is 0.355 e. The smallest absolute Gasteiger partial charge is 0.221 e. The van der Waals surface area contributed by atoms with Crippen LogP contribution in [0.1, 0.15) is 19.8 Å². The summed E-state index contributed by atoms with van der Waals surface area (Å²) in [6.07, 6.45) is 6.91. The van der Waals surface area contributed by atoms with E-state index in [1.165, 1.54) is 0 Å².